The SMILES string of the molecule is CCCNC(=O)[C@H](CC(C)C)NC(=O)C1CCN(C(=O)[C@@H](NS(=O)(=O)c2ccc(C)cc2)[C@@H](C)CC)CC1. The highest BCUT2D eigenvalue weighted by Gasteiger charge is 2.36. The van der Waals surface area contributed by atoms with E-state index in [0.717, 1.165) is 12.0 Å². The second-order valence-corrected chi connectivity index (χ2v) is 12.6. The smallest absolute Gasteiger partial charge is 0.242 e. The highest BCUT2D eigenvalue weighted by molar-refractivity contribution is 7.89. The van der Waals surface area contributed by atoms with Crippen molar-refractivity contribution in [1.29, 1.82) is 0 Å². The molecule has 1 aromatic rings. The number of benzene rings is 1. The molecule has 10 heteroatoms. The van der Waals surface area contributed by atoms with Gasteiger partial charge in [-0.15, -0.1) is 0 Å². The molecule has 0 radical (unpaired) electrons. The summed E-state index contributed by atoms with van der Waals surface area (Å²) in [6.45, 7) is 12.9. The zero-order valence-electron chi connectivity index (χ0n) is 23.7. The fourth-order valence-corrected chi connectivity index (χ4v) is 5.82. The van der Waals surface area contributed by atoms with Crippen LogP contribution in [0.3, 0.4) is 0 Å². The normalized spacial score (nSPS) is 17.1. The lowest BCUT2D eigenvalue weighted by Crippen LogP contribution is -2.54. The lowest BCUT2D eigenvalue weighted by molar-refractivity contribution is -0.138. The molecule has 1 saturated heterocycles. The average molecular weight is 551 g/mol. The molecular weight excluding hydrogens is 504 g/mol. The van der Waals surface area contributed by atoms with Crippen molar-refractivity contribution in [2.24, 2.45) is 17.8 Å². The molecule has 0 aliphatic carbocycles. The number of aryl methyl sites for hydroxylation is 1. The minimum absolute atomic E-state index is 0.124. The predicted octanol–water partition coefficient (Wildman–Crippen LogP) is 2.98. The summed E-state index contributed by atoms with van der Waals surface area (Å²) in [6.07, 6.45) is 2.92. The van der Waals surface area contributed by atoms with E-state index >= 15 is 0 Å². The molecule has 1 fully saturated rings. The third-order valence-electron chi connectivity index (χ3n) is 7.16. The Morgan fingerprint density at radius 3 is 2.16 bits per heavy atom. The lowest BCUT2D eigenvalue weighted by Gasteiger charge is -2.35. The van der Waals surface area contributed by atoms with Gasteiger partial charge in [-0.3, -0.25) is 14.4 Å². The van der Waals surface area contributed by atoms with Crippen LogP contribution < -0.4 is 15.4 Å². The Morgan fingerprint density at radius 2 is 1.63 bits per heavy atom. The van der Waals surface area contributed by atoms with E-state index in [2.05, 4.69) is 15.4 Å². The number of carbonyl (C=O) groups is 3. The van der Waals surface area contributed by atoms with E-state index < -0.39 is 22.1 Å². The maximum Gasteiger partial charge on any atom is 0.242 e. The molecule has 3 atom stereocenters. The van der Waals surface area contributed by atoms with Gasteiger partial charge in [0.1, 0.15) is 12.1 Å². The second-order valence-electron chi connectivity index (χ2n) is 10.9. The Morgan fingerprint density at radius 1 is 1.03 bits per heavy atom. The molecule has 0 bridgehead atoms. The molecular formula is C28H46N4O5S. The first kappa shape index (κ1) is 31.8. The molecule has 1 aliphatic heterocycles. The predicted molar refractivity (Wildman–Crippen MR) is 149 cm³/mol. The van der Waals surface area contributed by atoms with Gasteiger partial charge in [0.2, 0.25) is 27.7 Å². The van der Waals surface area contributed by atoms with Crippen molar-refractivity contribution in [1.82, 2.24) is 20.3 Å². The first-order chi connectivity index (χ1) is 17.9. The molecule has 0 spiro atoms. The summed E-state index contributed by atoms with van der Waals surface area (Å²) in [5.74, 6) is -0.883. The number of sulfonamides is 1. The molecule has 0 unspecified atom stereocenters. The molecule has 3 N–H and O–H groups in total. The topological polar surface area (TPSA) is 125 Å². The molecule has 1 aliphatic rings. The maximum absolute atomic E-state index is 13.5. The molecule has 0 aromatic heterocycles. The van der Waals surface area contributed by atoms with Gasteiger partial charge in [-0.1, -0.05) is 58.7 Å². The number of amides is 3. The first-order valence-corrected chi connectivity index (χ1v) is 15.3. The standard InChI is InChI=1S/C28H46N4O5S/c1-7-15-29-27(34)24(18-19(3)4)30-26(33)22-13-16-32(17-14-22)28(35)25(21(6)8-2)31-38(36,37)23-11-9-20(5)10-12-23/h9-12,19,21-22,24-25,31H,7-8,13-18H2,1-6H3,(H,29,34)(H,30,33)/t21-,24-,25-/m0/s1. The van der Waals surface area contributed by atoms with Gasteiger partial charge < -0.3 is 15.5 Å². The molecule has 38 heavy (non-hydrogen) atoms. The zero-order valence-corrected chi connectivity index (χ0v) is 24.6. The van der Waals surface area contributed by atoms with Gasteiger partial charge in [-0.2, -0.15) is 4.72 Å². The Hall–Kier alpha value is -2.46. The molecule has 1 heterocycles. The largest absolute Gasteiger partial charge is 0.354 e. The minimum Gasteiger partial charge on any atom is -0.354 e. The van der Waals surface area contributed by atoms with E-state index in [1.807, 2.05) is 41.5 Å². The van der Waals surface area contributed by atoms with Crippen LogP contribution in [-0.2, 0) is 24.4 Å². The lowest BCUT2D eigenvalue weighted by atomic mass is 9.93. The van der Waals surface area contributed by atoms with Gasteiger partial charge in [0.05, 0.1) is 4.90 Å². The van der Waals surface area contributed by atoms with E-state index in [9.17, 15) is 22.8 Å². The number of carbonyl (C=O) groups excluding carboxylic acids is 3. The average Bonchev–Trinajstić information content (AvgIpc) is 2.89. The summed E-state index contributed by atoms with van der Waals surface area (Å²) in [5.41, 5.74) is 0.947. The summed E-state index contributed by atoms with van der Waals surface area (Å²) >= 11 is 0. The van der Waals surface area contributed by atoms with Gasteiger partial charge in [0, 0.05) is 25.6 Å². The van der Waals surface area contributed by atoms with Crippen molar-refractivity contribution < 1.29 is 22.8 Å². The van der Waals surface area contributed by atoms with Crippen LogP contribution in [0, 0.1) is 24.7 Å². The van der Waals surface area contributed by atoms with Gasteiger partial charge in [-0.05, 0) is 56.6 Å². The monoisotopic (exact) mass is 550 g/mol. The second kappa shape index (κ2) is 14.6. The Balaban J connectivity index is 2.04. The molecule has 2 rings (SSSR count). The third kappa shape index (κ3) is 9.08. The van der Waals surface area contributed by atoms with Crippen LogP contribution >= 0.6 is 0 Å². The number of rotatable bonds is 13. The number of likely N-dealkylation sites (tertiary alicyclic amines) is 1. The van der Waals surface area contributed by atoms with Crippen LogP contribution in [0.25, 0.3) is 0 Å². The Labute approximate surface area is 228 Å². The maximum atomic E-state index is 13.5. The quantitative estimate of drug-likeness (QED) is 0.348. The van der Waals surface area contributed by atoms with Crippen molar-refractivity contribution in [3.8, 4) is 0 Å². The molecule has 3 amide bonds. The summed E-state index contributed by atoms with van der Waals surface area (Å²) in [4.78, 5) is 40.8. The fraction of sp³-hybridized carbons (Fsp3) is 0.679. The number of piperidine rings is 1. The van der Waals surface area contributed by atoms with Crippen LogP contribution in [0.15, 0.2) is 29.2 Å². The van der Waals surface area contributed by atoms with Crippen LogP contribution in [0.1, 0.15) is 72.3 Å². The van der Waals surface area contributed by atoms with Gasteiger partial charge in [0.15, 0.2) is 0 Å². The van der Waals surface area contributed by atoms with Gasteiger partial charge in [0.25, 0.3) is 0 Å². The Kier molecular flexibility index (Phi) is 12.2. The molecule has 0 saturated carbocycles. The van der Waals surface area contributed by atoms with E-state index in [0.29, 0.717) is 45.3 Å². The fourth-order valence-electron chi connectivity index (χ4n) is 4.52. The number of hydrogen-bond acceptors (Lipinski definition) is 5. The summed E-state index contributed by atoms with van der Waals surface area (Å²) < 4.78 is 28.7. The van der Waals surface area contributed by atoms with Crippen molar-refractivity contribution in [2.75, 3.05) is 19.6 Å². The molecule has 9 nitrogen and oxygen atoms in total. The first-order valence-electron chi connectivity index (χ1n) is 13.8. The third-order valence-corrected chi connectivity index (χ3v) is 8.62. The van der Waals surface area contributed by atoms with E-state index in [1.165, 1.54) is 12.1 Å². The Bertz CT molecular complexity index is 1030. The highest BCUT2D eigenvalue weighted by Crippen LogP contribution is 2.22. The number of nitrogens with zero attached hydrogens (tertiary/aromatic N) is 1. The van der Waals surface area contributed by atoms with Crippen LogP contribution in [0.2, 0.25) is 0 Å². The van der Waals surface area contributed by atoms with E-state index in [-0.39, 0.29) is 40.4 Å². The van der Waals surface area contributed by atoms with Crippen LogP contribution in [0.4, 0.5) is 0 Å². The minimum atomic E-state index is -3.88. The number of nitrogens with one attached hydrogen (secondary N) is 3. The van der Waals surface area contributed by atoms with Crippen molar-refractivity contribution >= 4 is 27.7 Å². The van der Waals surface area contributed by atoms with Crippen molar-refractivity contribution in [2.45, 2.75) is 90.6 Å². The van der Waals surface area contributed by atoms with Crippen molar-refractivity contribution in [3.63, 3.8) is 0 Å². The van der Waals surface area contributed by atoms with E-state index in [4.69, 9.17) is 0 Å². The van der Waals surface area contributed by atoms with Gasteiger partial charge >= 0.3 is 0 Å². The highest BCUT2D eigenvalue weighted by atomic mass is 32.2. The zero-order chi connectivity index (χ0) is 28.5. The van der Waals surface area contributed by atoms with E-state index in [1.54, 1.807) is 17.0 Å². The van der Waals surface area contributed by atoms with Crippen LogP contribution in [0.5, 0.6) is 0 Å². The summed E-state index contributed by atoms with van der Waals surface area (Å²) in [7, 11) is -3.88. The van der Waals surface area contributed by atoms with Gasteiger partial charge in [-0.25, -0.2) is 8.42 Å². The molecule has 1 aromatic carbocycles. The van der Waals surface area contributed by atoms with Crippen LogP contribution in [-0.4, -0.2) is 62.8 Å². The number of hydrogen-bond donors (Lipinski definition) is 3. The summed E-state index contributed by atoms with van der Waals surface area (Å²) in [5, 5.41) is 5.80. The molecule has 214 valence electrons. The summed E-state index contributed by atoms with van der Waals surface area (Å²) in [6, 6.07) is 5.05. The van der Waals surface area contributed by atoms with Crippen molar-refractivity contribution in [3.05, 3.63) is 29.8 Å².